The van der Waals surface area contributed by atoms with Crippen molar-refractivity contribution in [3.8, 4) is 11.5 Å². The molecule has 104 valence electrons. The number of benzene rings is 2. The highest BCUT2D eigenvalue weighted by Crippen LogP contribution is 2.35. The second kappa shape index (κ2) is 6.36. The molecule has 2 N–H and O–H groups in total. The van der Waals surface area contributed by atoms with Crippen molar-refractivity contribution in [2.45, 2.75) is 6.61 Å². The zero-order valence-corrected chi connectivity index (χ0v) is 11.5. The number of azo groups is 1. The van der Waals surface area contributed by atoms with E-state index in [1.54, 1.807) is 24.3 Å². The maximum Gasteiger partial charge on any atom is 0.163 e. The zero-order chi connectivity index (χ0) is 14.5. The summed E-state index contributed by atoms with van der Waals surface area (Å²) in [5.41, 5.74) is 1.44. The van der Waals surface area contributed by atoms with Crippen LogP contribution in [0.5, 0.6) is 11.5 Å². The molecule has 2 aromatic carbocycles. The fourth-order valence-electron chi connectivity index (χ4n) is 1.61. The Bertz CT molecular complexity index is 602. The number of phenols is 1. The summed E-state index contributed by atoms with van der Waals surface area (Å²) >= 11 is 5.78. The summed E-state index contributed by atoms with van der Waals surface area (Å²) < 4.78 is 5.02. The number of hydrogen-bond acceptors (Lipinski definition) is 5. The molecule has 0 bridgehead atoms. The van der Waals surface area contributed by atoms with Gasteiger partial charge in [-0.2, -0.15) is 10.2 Å². The molecular formula is C14H13ClN2O3. The average molecular weight is 293 g/mol. The van der Waals surface area contributed by atoms with Crippen LogP contribution >= 0.6 is 11.6 Å². The van der Waals surface area contributed by atoms with Gasteiger partial charge in [0.2, 0.25) is 0 Å². The van der Waals surface area contributed by atoms with E-state index in [9.17, 15) is 10.2 Å². The summed E-state index contributed by atoms with van der Waals surface area (Å²) in [5.74, 6) is 0.141. The Morgan fingerprint density at radius 2 is 1.75 bits per heavy atom. The van der Waals surface area contributed by atoms with Gasteiger partial charge in [0.15, 0.2) is 11.5 Å². The maximum absolute atomic E-state index is 9.76. The van der Waals surface area contributed by atoms with Crippen LogP contribution in [0.15, 0.2) is 46.6 Å². The van der Waals surface area contributed by atoms with Crippen molar-refractivity contribution in [3.05, 3.63) is 47.0 Å². The van der Waals surface area contributed by atoms with Gasteiger partial charge in [-0.3, -0.25) is 0 Å². The molecule has 0 saturated heterocycles. The minimum Gasteiger partial charge on any atom is -0.504 e. The number of ether oxygens (including phenoxy) is 1. The number of halogens is 1. The fourth-order valence-corrected chi connectivity index (χ4v) is 1.73. The lowest BCUT2D eigenvalue weighted by Gasteiger charge is -2.07. The molecule has 0 unspecified atom stereocenters. The van der Waals surface area contributed by atoms with Crippen molar-refractivity contribution in [3.63, 3.8) is 0 Å². The summed E-state index contributed by atoms with van der Waals surface area (Å²) in [6.45, 7) is -0.313. The lowest BCUT2D eigenvalue weighted by Crippen LogP contribution is -1.89. The van der Waals surface area contributed by atoms with E-state index in [1.165, 1.54) is 19.2 Å². The Kier molecular flexibility index (Phi) is 4.55. The number of rotatable bonds is 4. The van der Waals surface area contributed by atoms with Crippen LogP contribution in [0.3, 0.4) is 0 Å². The van der Waals surface area contributed by atoms with Crippen molar-refractivity contribution in [1.82, 2.24) is 0 Å². The number of nitrogens with zero attached hydrogens (tertiary/aromatic N) is 2. The van der Waals surface area contributed by atoms with Crippen LogP contribution in [0.2, 0.25) is 5.02 Å². The molecule has 0 atom stereocenters. The van der Waals surface area contributed by atoms with E-state index in [1.807, 2.05) is 0 Å². The summed E-state index contributed by atoms with van der Waals surface area (Å²) in [4.78, 5) is 0. The molecular weight excluding hydrogens is 280 g/mol. The lowest BCUT2D eigenvalue weighted by molar-refractivity contribution is 0.272. The summed E-state index contributed by atoms with van der Waals surface area (Å²) in [5, 5.41) is 27.6. The van der Waals surface area contributed by atoms with Crippen LogP contribution in [0.4, 0.5) is 11.4 Å². The van der Waals surface area contributed by atoms with Gasteiger partial charge in [0.05, 0.1) is 25.1 Å². The molecule has 0 aliphatic rings. The third kappa shape index (κ3) is 3.26. The Morgan fingerprint density at radius 1 is 1.10 bits per heavy atom. The molecule has 0 aliphatic carbocycles. The number of methoxy groups -OCH3 is 1. The Balaban J connectivity index is 2.31. The smallest absolute Gasteiger partial charge is 0.163 e. The van der Waals surface area contributed by atoms with Gasteiger partial charge in [0, 0.05) is 16.7 Å². The highest BCUT2D eigenvalue weighted by atomic mass is 35.5. The van der Waals surface area contributed by atoms with Crippen LogP contribution in [0.1, 0.15) is 5.56 Å². The average Bonchev–Trinajstić information content (AvgIpc) is 2.47. The Morgan fingerprint density at radius 3 is 2.35 bits per heavy atom. The zero-order valence-electron chi connectivity index (χ0n) is 10.7. The van der Waals surface area contributed by atoms with Crippen LogP contribution in [-0.4, -0.2) is 17.3 Å². The first-order valence-electron chi connectivity index (χ1n) is 5.82. The van der Waals surface area contributed by atoms with E-state index in [-0.39, 0.29) is 18.1 Å². The minimum absolute atomic E-state index is 0.0968. The predicted molar refractivity (Wildman–Crippen MR) is 76.2 cm³/mol. The van der Waals surface area contributed by atoms with Crippen LogP contribution in [0.25, 0.3) is 0 Å². The van der Waals surface area contributed by atoms with Gasteiger partial charge in [-0.05, 0) is 30.3 Å². The first kappa shape index (κ1) is 14.3. The van der Waals surface area contributed by atoms with E-state index in [0.29, 0.717) is 22.0 Å². The summed E-state index contributed by atoms with van der Waals surface area (Å²) in [6, 6.07) is 9.97. The van der Waals surface area contributed by atoms with Crippen molar-refractivity contribution in [2.75, 3.05) is 7.11 Å². The molecule has 0 heterocycles. The van der Waals surface area contributed by atoms with Gasteiger partial charge >= 0.3 is 0 Å². The number of aromatic hydroxyl groups is 1. The second-order valence-corrected chi connectivity index (χ2v) is 4.43. The molecule has 0 amide bonds. The molecule has 2 aromatic rings. The molecule has 20 heavy (non-hydrogen) atoms. The summed E-state index contributed by atoms with van der Waals surface area (Å²) in [6.07, 6.45) is 0. The monoisotopic (exact) mass is 292 g/mol. The number of hydrogen-bond donors (Lipinski definition) is 2. The molecule has 0 spiro atoms. The lowest BCUT2D eigenvalue weighted by atomic mass is 10.1. The van der Waals surface area contributed by atoms with Crippen LogP contribution in [-0.2, 0) is 6.61 Å². The topological polar surface area (TPSA) is 74.4 Å². The maximum atomic E-state index is 9.76. The van der Waals surface area contributed by atoms with Crippen LogP contribution in [0, 0.1) is 0 Å². The molecule has 6 heteroatoms. The quantitative estimate of drug-likeness (QED) is 0.838. The highest BCUT2D eigenvalue weighted by molar-refractivity contribution is 6.30. The molecule has 0 radical (unpaired) electrons. The van der Waals surface area contributed by atoms with E-state index in [4.69, 9.17) is 16.3 Å². The van der Waals surface area contributed by atoms with Gasteiger partial charge in [-0.15, -0.1) is 0 Å². The Labute approximate surface area is 121 Å². The van der Waals surface area contributed by atoms with Gasteiger partial charge in [0.1, 0.15) is 0 Å². The standard InChI is InChI=1S/C14H13ClN2O3/c1-20-13-7-12(6-9(8-18)14(13)19)17-16-11-4-2-10(15)3-5-11/h2-7,18-19H,8H2,1H3. The van der Waals surface area contributed by atoms with Gasteiger partial charge in [0.25, 0.3) is 0 Å². The SMILES string of the molecule is COc1cc(N=Nc2ccc(Cl)cc2)cc(CO)c1O. The van der Waals surface area contributed by atoms with Crippen molar-refractivity contribution >= 4 is 23.0 Å². The van der Waals surface area contributed by atoms with Crippen molar-refractivity contribution < 1.29 is 14.9 Å². The predicted octanol–water partition coefficient (Wildman–Crippen LogP) is 3.96. The van der Waals surface area contributed by atoms with E-state index in [2.05, 4.69) is 10.2 Å². The highest BCUT2D eigenvalue weighted by Gasteiger charge is 2.09. The first-order chi connectivity index (χ1) is 9.63. The van der Waals surface area contributed by atoms with Crippen molar-refractivity contribution in [2.24, 2.45) is 10.2 Å². The second-order valence-electron chi connectivity index (χ2n) is 3.99. The molecule has 5 nitrogen and oxygen atoms in total. The van der Waals surface area contributed by atoms with Gasteiger partial charge in [-0.1, -0.05) is 11.6 Å². The molecule has 0 fully saturated rings. The van der Waals surface area contributed by atoms with Crippen molar-refractivity contribution in [1.29, 1.82) is 0 Å². The van der Waals surface area contributed by atoms with E-state index >= 15 is 0 Å². The molecule has 0 saturated carbocycles. The normalized spacial score (nSPS) is 10.9. The summed E-state index contributed by atoms with van der Waals surface area (Å²) in [7, 11) is 1.43. The van der Waals surface area contributed by atoms with E-state index in [0.717, 1.165) is 0 Å². The van der Waals surface area contributed by atoms with Crippen LogP contribution < -0.4 is 4.74 Å². The van der Waals surface area contributed by atoms with E-state index < -0.39 is 0 Å². The number of aliphatic hydroxyl groups is 1. The fraction of sp³-hybridized carbons (Fsp3) is 0.143. The first-order valence-corrected chi connectivity index (χ1v) is 6.20. The molecule has 2 rings (SSSR count). The number of aliphatic hydroxyl groups excluding tert-OH is 1. The minimum atomic E-state index is -0.313. The van der Waals surface area contributed by atoms with Gasteiger partial charge in [-0.25, -0.2) is 0 Å². The Hall–Kier alpha value is -2.11. The third-order valence-corrected chi connectivity index (χ3v) is 2.89. The third-order valence-electron chi connectivity index (χ3n) is 2.64. The largest absolute Gasteiger partial charge is 0.504 e. The van der Waals surface area contributed by atoms with Gasteiger partial charge < -0.3 is 14.9 Å². The molecule has 0 aromatic heterocycles. The molecule has 0 aliphatic heterocycles.